The van der Waals surface area contributed by atoms with Crippen molar-refractivity contribution in [3.05, 3.63) is 21.3 Å². The van der Waals surface area contributed by atoms with E-state index in [1.165, 1.54) is 16.2 Å². The highest BCUT2D eigenvalue weighted by Crippen LogP contribution is 2.29. The molecule has 0 radical (unpaired) electrons. The average Bonchev–Trinajstić information content (AvgIpc) is 2.97. The number of hydrogen-bond acceptors (Lipinski definition) is 4. The first-order valence-electron chi connectivity index (χ1n) is 6.40. The Morgan fingerprint density at radius 1 is 1.62 bits per heavy atom. The lowest BCUT2D eigenvalue weighted by molar-refractivity contribution is -0.148. The lowest BCUT2D eigenvalue weighted by atomic mass is 9.85. The fourth-order valence-electron chi connectivity index (χ4n) is 2.09. The first-order valence-corrected chi connectivity index (χ1v) is 7.59. The van der Waals surface area contributed by atoms with Gasteiger partial charge >= 0.3 is 12.0 Å². The molecule has 1 fully saturated rings. The highest BCUT2D eigenvalue weighted by molar-refractivity contribution is 7.16. The summed E-state index contributed by atoms with van der Waals surface area (Å²) in [6.45, 7) is 2.29. The van der Waals surface area contributed by atoms with Crippen molar-refractivity contribution >= 4 is 34.9 Å². The summed E-state index contributed by atoms with van der Waals surface area (Å²) >= 11 is 7.26. The van der Waals surface area contributed by atoms with Gasteiger partial charge in [0.15, 0.2) is 0 Å². The van der Waals surface area contributed by atoms with Crippen LogP contribution in [0.4, 0.5) is 4.79 Å². The number of rotatable bonds is 4. The number of ether oxygens (including phenoxy) is 1. The van der Waals surface area contributed by atoms with Crippen LogP contribution in [-0.2, 0) is 16.1 Å². The molecule has 0 aliphatic carbocycles. The minimum Gasteiger partial charge on any atom is -0.481 e. The zero-order valence-electron chi connectivity index (χ0n) is 11.8. The molecular weight excluding hydrogens is 316 g/mol. The van der Waals surface area contributed by atoms with E-state index in [1.807, 2.05) is 6.07 Å². The lowest BCUT2D eigenvalue weighted by Gasteiger charge is -2.27. The Morgan fingerprint density at radius 2 is 2.33 bits per heavy atom. The van der Waals surface area contributed by atoms with Gasteiger partial charge in [0.1, 0.15) is 5.41 Å². The van der Waals surface area contributed by atoms with Crippen molar-refractivity contribution in [2.45, 2.75) is 19.5 Å². The third-order valence-electron chi connectivity index (χ3n) is 3.61. The van der Waals surface area contributed by atoms with Gasteiger partial charge in [0.2, 0.25) is 0 Å². The van der Waals surface area contributed by atoms with E-state index in [9.17, 15) is 14.7 Å². The number of carbonyl (C=O) groups is 2. The molecule has 21 heavy (non-hydrogen) atoms. The largest absolute Gasteiger partial charge is 0.481 e. The maximum atomic E-state index is 12.2. The summed E-state index contributed by atoms with van der Waals surface area (Å²) in [4.78, 5) is 25.9. The molecule has 0 bridgehead atoms. The molecule has 1 saturated heterocycles. The van der Waals surface area contributed by atoms with Gasteiger partial charge in [-0.2, -0.15) is 0 Å². The van der Waals surface area contributed by atoms with Gasteiger partial charge in [-0.3, -0.25) is 4.79 Å². The van der Waals surface area contributed by atoms with Gasteiger partial charge in [0.25, 0.3) is 0 Å². The number of carboxylic acids is 1. The van der Waals surface area contributed by atoms with Crippen molar-refractivity contribution in [1.29, 1.82) is 0 Å². The first-order chi connectivity index (χ1) is 9.83. The van der Waals surface area contributed by atoms with Crippen molar-refractivity contribution in [2.24, 2.45) is 5.41 Å². The number of carbonyl (C=O) groups excluding carboxylic acids is 1. The van der Waals surface area contributed by atoms with Crippen LogP contribution in [0.3, 0.4) is 0 Å². The number of thiophene rings is 1. The molecule has 1 aliphatic rings. The van der Waals surface area contributed by atoms with Crippen molar-refractivity contribution in [2.75, 3.05) is 20.3 Å². The van der Waals surface area contributed by atoms with Crippen LogP contribution in [0.15, 0.2) is 12.1 Å². The number of nitrogens with one attached hydrogen (secondary N) is 1. The van der Waals surface area contributed by atoms with Crippen LogP contribution in [0.2, 0.25) is 4.34 Å². The molecule has 8 heteroatoms. The zero-order chi connectivity index (χ0) is 15.6. The van der Waals surface area contributed by atoms with Crippen LogP contribution in [0.5, 0.6) is 0 Å². The number of nitrogens with zero attached hydrogens (tertiary/aromatic N) is 1. The predicted molar refractivity (Wildman–Crippen MR) is 79.7 cm³/mol. The Kier molecular flexibility index (Phi) is 4.75. The predicted octanol–water partition coefficient (Wildman–Crippen LogP) is 2.03. The van der Waals surface area contributed by atoms with Gasteiger partial charge in [-0.05, 0) is 19.1 Å². The highest BCUT2D eigenvalue weighted by atomic mass is 35.5. The summed E-state index contributed by atoms with van der Waals surface area (Å²) in [6, 6.07) is 2.76. The smallest absolute Gasteiger partial charge is 0.317 e. The standard InChI is InChI=1S/C13H17ClN2O4S/c1-13(11(17)18)7-20-6-9(13)15-12(19)16(2)5-8-3-4-10(14)21-8/h3-4,9H,5-7H2,1-2H3,(H,15,19)(H,17,18). The Hall–Kier alpha value is -1.31. The highest BCUT2D eigenvalue weighted by Gasteiger charge is 2.47. The van der Waals surface area contributed by atoms with E-state index in [4.69, 9.17) is 16.3 Å². The van der Waals surface area contributed by atoms with E-state index in [2.05, 4.69) is 5.32 Å². The quantitative estimate of drug-likeness (QED) is 0.884. The normalized spacial score (nSPS) is 24.8. The molecule has 116 valence electrons. The van der Waals surface area contributed by atoms with Gasteiger partial charge in [-0.25, -0.2) is 4.79 Å². The Labute approximate surface area is 131 Å². The van der Waals surface area contributed by atoms with Crippen LogP contribution >= 0.6 is 22.9 Å². The van der Waals surface area contributed by atoms with E-state index < -0.39 is 17.4 Å². The second-order valence-corrected chi connectivity index (χ2v) is 7.10. The van der Waals surface area contributed by atoms with Gasteiger partial charge in [-0.15, -0.1) is 11.3 Å². The number of aliphatic carboxylic acids is 1. The molecule has 6 nitrogen and oxygen atoms in total. The minimum absolute atomic E-state index is 0.0948. The second kappa shape index (κ2) is 6.21. The number of halogens is 1. The summed E-state index contributed by atoms with van der Waals surface area (Å²) in [7, 11) is 1.65. The van der Waals surface area contributed by atoms with Crippen LogP contribution in [0.25, 0.3) is 0 Å². The number of urea groups is 1. The van der Waals surface area contributed by atoms with Crippen LogP contribution in [0, 0.1) is 5.41 Å². The zero-order valence-corrected chi connectivity index (χ0v) is 13.3. The summed E-state index contributed by atoms with van der Waals surface area (Å²) in [5.41, 5.74) is -1.09. The van der Waals surface area contributed by atoms with Gasteiger partial charge in [0, 0.05) is 11.9 Å². The third-order valence-corrected chi connectivity index (χ3v) is 4.83. The molecule has 2 atom stereocenters. The maximum Gasteiger partial charge on any atom is 0.317 e. The van der Waals surface area contributed by atoms with Gasteiger partial charge < -0.3 is 20.1 Å². The summed E-state index contributed by atoms with van der Waals surface area (Å²) in [5.74, 6) is -0.974. The summed E-state index contributed by atoms with van der Waals surface area (Å²) < 4.78 is 5.87. The molecule has 2 rings (SSSR count). The van der Waals surface area contributed by atoms with E-state index in [1.54, 1.807) is 20.0 Å². The van der Waals surface area contributed by atoms with Gasteiger partial charge in [0.05, 0.1) is 30.1 Å². The van der Waals surface area contributed by atoms with E-state index >= 15 is 0 Å². The van der Waals surface area contributed by atoms with E-state index in [0.717, 1.165) is 4.88 Å². The third kappa shape index (κ3) is 3.48. The Bertz CT molecular complexity index is 550. The molecule has 1 aromatic heterocycles. The summed E-state index contributed by atoms with van der Waals surface area (Å²) in [5, 5.41) is 12.0. The molecule has 1 aliphatic heterocycles. The lowest BCUT2D eigenvalue weighted by Crippen LogP contribution is -2.52. The summed E-state index contributed by atoms with van der Waals surface area (Å²) in [6.07, 6.45) is 0. The maximum absolute atomic E-state index is 12.2. The van der Waals surface area contributed by atoms with Crippen molar-refractivity contribution < 1.29 is 19.4 Å². The van der Waals surface area contributed by atoms with E-state index in [-0.39, 0.29) is 19.2 Å². The van der Waals surface area contributed by atoms with Crippen molar-refractivity contribution in [3.63, 3.8) is 0 Å². The average molecular weight is 333 g/mol. The molecule has 2 amide bonds. The second-order valence-electron chi connectivity index (χ2n) is 5.30. The van der Waals surface area contributed by atoms with Crippen molar-refractivity contribution in [3.8, 4) is 0 Å². The van der Waals surface area contributed by atoms with Crippen LogP contribution < -0.4 is 5.32 Å². The van der Waals surface area contributed by atoms with Crippen LogP contribution in [0.1, 0.15) is 11.8 Å². The molecule has 0 saturated carbocycles. The molecule has 0 spiro atoms. The fourth-order valence-corrected chi connectivity index (χ4v) is 3.23. The van der Waals surface area contributed by atoms with Crippen molar-refractivity contribution in [1.82, 2.24) is 10.2 Å². The minimum atomic E-state index is -1.09. The molecule has 0 aromatic carbocycles. The van der Waals surface area contributed by atoms with E-state index in [0.29, 0.717) is 10.9 Å². The monoisotopic (exact) mass is 332 g/mol. The Balaban J connectivity index is 1.96. The topological polar surface area (TPSA) is 78.9 Å². The Morgan fingerprint density at radius 3 is 2.90 bits per heavy atom. The number of hydrogen-bond donors (Lipinski definition) is 2. The van der Waals surface area contributed by atoms with Gasteiger partial charge in [-0.1, -0.05) is 11.6 Å². The number of amides is 2. The number of carboxylic acid groups (broad SMARTS) is 1. The molecular formula is C13H17ClN2O4S. The fraction of sp³-hybridized carbons (Fsp3) is 0.538. The first kappa shape index (κ1) is 16.1. The molecule has 2 unspecified atom stereocenters. The SMILES string of the molecule is CN(Cc1ccc(Cl)s1)C(=O)NC1COCC1(C)C(=O)O. The van der Waals surface area contributed by atoms with Crippen LogP contribution in [-0.4, -0.2) is 48.3 Å². The molecule has 2 heterocycles. The molecule has 2 N–H and O–H groups in total. The molecule has 1 aromatic rings.